The minimum absolute atomic E-state index is 0.192. The zero-order valence-corrected chi connectivity index (χ0v) is 21.8. The number of hydrogen-bond donors (Lipinski definition) is 3. The Hall–Kier alpha value is -3.48. The van der Waals surface area contributed by atoms with Crippen molar-refractivity contribution in [2.75, 3.05) is 26.7 Å². The molecular weight excluding hydrogens is 464 g/mol. The third-order valence-corrected chi connectivity index (χ3v) is 7.69. The van der Waals surface area contributed by atoms with E-state index >= 15 is 0 Å². The lowest BCUT2D eigenvalue weighted by molar-refractivity contribution is 0.112. The number of phenols is 2. The monoisotopic (exact) mass is 500 g/mol. The van der Waals surface area contributed by atoms with Gasteiger partial charge in [0, 0.05) is 23.2 Å². The average Bonchev–Trinajstić information content (AvgIpc) is 2.92. The summed E-state index contributed by atoms with van der Waals surface area (Å²) in [5.74, 6) is 1.94. The maximum atomic E-state index is 10.2. The van der Waals surface area contributed by atoms with Gasteiger partial charge in [-0.3, -0.25) is 4.90 Å². The van der Waals surface area contributed by atoms with Crippen molar-refractivity contribution in [3.63, 3.8) is 0 Å². The normalized spacial score (nSPS) is 18.9. The Kier molecular flexibility index (Phi) is 7.40. The predicted molar refractivity (Wildman–Crippen MR) is 147 cm³/mol. The number of aromatic hydroxyl groups is 2. The lowest BCUT2D eigenvalue weighted by Gasteiger charge is -2.35. The number of phenolic OH excluding ortho intramolecular Hbond substituents is 2. The van der Waals surface area contributed by atoms with E-state index in [1.54, 1.807) is 30.3 Å². The molecule has 0 amide bonds. The number of allylic oxidation sites excluding steroid dienone is 1. The molecule has 1 fully saturated rings. The van der Waals surface area contributed by atoms with Crippen molar-refractivity contribution in [1.29, 1.82) is 0 Å². The molecule has 2 heterocycles. The molecule has 1 saturated heterocycles. The van der Waals surface area contributed by atoms with Crippen LogP contribution in [0.5, 0.6) is 23.0 Å². The summed E-state index contributed by atoms with van der Waals surface area (Å²) in [4.78, 5) is 2.44. The summed E-state index contributed by atoms with van der Waals surface area (Å²) in [5.41, 5.74) is 4.68. The van der Waals surface area contributed by atoms with Crippen LogP contribution in [0.25, 0.3) is 11.1 Å². The Morgan fingerprint density at radius 3 is 2.46 bits per heavy atom. The van der Waals surface area contributed by atoms with Crippen LogP contribution in [0.15, 0.2) is 66.7 Å². The summed E-state index contributed by atoms with van der Waals surface area (Å²) in [6.45, 7) is 7.04. The zero-order valence-electron chi connectivity index (χ0n) is 21.8. The number of rotatable bonds is 7. The number of benzene rings is 3. The van der Waals surface area contributed by atoms with E-state index in [2.05, 4.69) is 24.2 Å². The summed E-state index contributed by atoms with van der Waals surface area (Å²) >= 11 is 0. The highest BCUT2D eigenvalue weighted by molar-refractivity contribution is 5.95. The van der Waals surface area contributed by atoms with Crippen LogP contribution in [-0.4, -0.2) is 53.9 Å². The second-order valence-corrected chi connectivity index (χ2v) is 10.1. The molecule has 0 aliphatic carbocycles. The van der Waals surface area contributed by atoms with Crippen LogP contribution in [-0.2, 0) is 0 Å². The zero-order chi connectivity index (χ0) is 25.9. The van der Waals surface area contributed by atoms with Gasteiger partial charge < -0.3 is 25.0 Å². The number of nitrogens with one attached hydrogen (secondary N) is 1. The minimum Gasteiger partial charge on any atom is -0.508 e. The molecular formula is C31H36N2O4. The lowest BCUT2D eigenvalue weighted by atomic mass is 9.86. The number of piperidine rings is 1. The maximum absolute atomic E-state index is 10.2. The Bertz CT molecular complexity index is 1260. The fourth-order valence-corrected chi connectivity index (χ4v) is 5.36. The molecule has 2 atom stereocenters. The van der Waals surface area contributed by atoms with Crippen molar-refractivity contribution < 1.29 is 19.7 Å². The molecule has 3 aromatic carbocycles. The molecule has 0 saturated carbocycles. The number of ether oxygens (including phenoxy) is 2. The van der Waals surface area contributed by atoms with E-state index in [9.17, 15) is 10.2 Å². The number of likely N-dealkylation sites (N-methyl/N-ethyl adjacent to an activating group) is 1. The van der Waals surface area contributed by atoms with Gasteiger partial charge in [-0.25, -0.2) is 0 Å². The molecule has 0 aromatic heterocycles. The van der Waals surface area contributed by atoms with E-state index in [0.717, 1.165) is 52.4 Å². The summed E-state index contributed by atoms with van der Waals surface area (Å²) in [6.07, 6.45) is 1.99. The van der Waals surface area contributed by atoms with Crippen LogP contribution in [0.1, 0.15) is 49.5 Å². The molecule has 5 rings (SSSR count). The van der Waals surface area contributed by atoms with Gasteiger partial charge in [0.15, 0.2) is 0 Å². The first kappa shape index (κ1) is 25.2. The predicted octanol–water partition coefficient (Wildman–Crippen LogP) is 5.61. The Morgan fingerprint density at radius 1 is 1.00 bits per heavy atom. The second-order valence-electron chi connectivity index (χ2n) is 10.1. The Balaban J connectivity index is 1.36. The first-order valence-electron chi connectivity index (χ1n) is 13.1. The largest absolute Gasteiger partial charge is 0.508 e. The first-order chi connectivity index (χ1) is 17.9. The van der Waals surface area contributed by atoms with Gasteiger partial charge in [0.05, 0.1) is 0 Å². The molecule has 0 spiro atoms. The summed E-state index contributed by atoms with van der Waals surface area (Å²) in [6, 6.07) is 21.4. The van der Waals surface area contributed by atoms with E-state index in [-0.39, 0.29) is 17.6 Å². The van der Waals surface area contributed by atoms with E-state index in [4.69, 9.17) is 9.47 Å². The van der Waals surface area contributed by atoms with E-state index < -0.39 is 0 Å². The van der Waals surface area contributed by atoms with Crippen molar-refractivity contribution in [3.05, 3.63) is 83.4 Å². The Labute approximate surface area is 219 Å². The van der Waals surface area contributed by atoms with Crippen molar-refractivity contribution in [2.24, 2.45) is 0 Å². The van der Waals surface area contributed by atoms with Crippen LogP contribution in [0.3, 0.4) is 0 Å². The molecule has 2 unspecified atom stereocenters. The van der Waals surface area contributed by atoms with E-state index in [0.29, 0.717) is 18.7 Å². The van der Waals surface area contributed by atoms with Crippen LogP contribution in [0.2, 0.25) is 0 Å². The molecule has 0 radical (unpaired) electrons. The third kappa shape index (κ3) is 5.45. The first-order valence-corrected chi connectivity index (χ1v) is 13.1. The van der Waals surface area contributed by atoms with Crippen molar-refractivity contribution >= 4 is 11.1 Å². The van der Waals surface area contributed by atoms with Crippen LogP contribution < -0.4 is 14.8 Å². The molecule has 3 aromatic rings. The van der Waals surface area contributed by atoms with Gasteiger partial charge in [0.25, 0.3) is 0 Å². The van der Waals surface area contributed by atoms with E-state index in [1.807, 2.05) is 43.3 Å². The fourth-order valence-electron chi connectivity index (χ4n) is 5.36. The molecule has 2 aliphatic heterocycles. The SMILES string of the molecule is CC1=C(c2cccc(O)c2)C(c2ccc(OCC(C)N(C)C3CCNCC3)cc2)Oc2ccc(O)cc21. The van der Waals surface area contributed by atoms with Crippen LogP contribution in [0, 0.1) is 0 Å². The fraction of sp³-hybridized carbons (Fsp3) is 0.355. The van der Waals surface area contributed by atoms with Gasteiger partial charge in [-0.15, -0.1) is 0 Å². The highest BCUT2D eigenvalue weighted by Crippen LogP contribution is 2.47. The molecule has 2 aliphatic rings. The Morgan fingerprint density at radius 2 is 1.73 bits per heavy atom. The molecule has 6 heteroatoms. The van der Waals surface area contributed by atoms with Crippen molar-refractivity contribution in [2.45, 2.75) is 44.9 Å². The van der Waals surface area contributed by atoms with Gasteiger partial charge in [0.1, 0.15) is 35.7 Å². The molecule has 3 N–H and O–H groups in total. The average molecular weight is 501 g/mol. The van der Waals surface area contributed by atoms with Gasteiger partial charge >= 0.3 is 0 Å². The smallest absolute Gasteiger partial charge is 0.150 e. The number of fused-ring (bicyclic) bond motifs is 1. The van der Waals surface area contributed by atoms with Gasteiger partial charge in [-0.05, 0) is 106 Å². The second kappa shape index (κ2) is 10.9. The summed E-state index contributed by atoms with van der Waals surface area (Å²) in [5, 5.41) is 23.7. The minimum atomic E-state index is -0.363. The molecule has 37 heavy (non-hydrogen) atoms. The third-order valence-electron chi connectivity index (χ3n) is 7.69. The molecule has 6 nitrogen and oxygen atoms in total. The molecule has 194 valence electrons. The van der Waals surface area contributed by atoms with Gasteiger partial charge in [0.2, 0.25) is 0 Å². The number of nitrogens with zero attached hydrogens (tertiary/aromatic N) is 1. The van der Waals surface area contributed by atoms with Gasteiger partial charge in [-0.2, -0.15) is 0 Å². The quantitative estimate of drug-likeness (QED) is 0.391. The topological polar surface area (TPSA) is 74.2 Å². The van der Waals surface area contributed by atoms with E-state index in [1.165, 1.54) is 12.8 Å². The maximum Gasteiger partial charge on any atom is 0.150 e. The van der Waals surface area contributed by atoms with Gasteiger partial charge in [-0.1, -0.05) is 24.3 Å². The summed E-state index contributed by atoms with van der Waals surface area (Å²) in [7, 11) is 2.20. The van der Waals surface area contributed by atoms with Crippen LogP contribution >= 0.6 is 0 Å². The number of hydrogen-bond acceptors (Lipinski definition) is 6. The highest BCUT2D eigenvalue weighted by atomic mass is 16.5. The van der Waals surface area contributed by atoms with Crippen molar-refractivity contribution in [3.8, 4) is 23.0 Å². The molecule has 0 bridgehead atoms. The highest BCUT2D eigenvalue weighted by Gasteiger charge is 2.30. The van der Waals surface area contributed by atoms with Crippen LogP contribution in [0.4, 0.5) is 0 Å². The van der Waals surface area contributed by atoms with Crippen molar-refractivity contribution in [1.82, 2.24) is 10.2 Å². The lowest BCUT2D eigenvalue weighted by Crippen LogP contribution is -2.46. The standard InChI is InChI=1S/C31H36N2O4/c1-20(33(3)24-13-15-32-16-14-24)19-36-27-10-7-22(8-11-27)31-30(23-5-4-6-25(34)17-23)21(2)28-18-26(35)9-12-29(28)37-31/h4-12,17-18,20,24,31-32,34-35H,13-16,19H2,1-3H3. The summed E-state index contributed by atoms with van der Waals surface area (Å²) < 4.78 is 12.7.